The summed E-state index contributed by atoms with van der Waals surface area (Å²) in [7, 11) is 0. The van der Waals surface area contributed by atoms with E-state index in [1.165, 1.54) is 12.5 Å². The smallest absolute Gasteiger partial charge is 0.339 e. The number of aliphatic hydroxyl groups excluding tert-OH is 2. The molecule has 10 atom stereocenters. The average molecular weight is 489 g/mol. The number of ketones is 1. The second-order valence-electron chi connectivity index (χ2n) is 12.3. The van der Waals surface area contributed by atoms with Crippen LogP contribution < -0.4 is 0 Å². The van der Waals surface area contributed by atoms with Gasteiger partial charge in [-0.25, -0.2) is 4.79 Å². The molecule has 3 saturated heterocycles. The van der Waals surface area contributed by atoms with E-state index >= 15 is 0 Å². The monoisotopic (exact) mass is 488 g/mol. The van der Waals surface area contributed by atoms with E-state index in [1.807, 2.05) is 13.8 Å². The van der Waals surface area contributed by atoms with Crippen molar-refractivity contribution in [2.75, 3.05) is 0 Å². The molecule has 0 radical (unpaired) electrons. The standard InChI is InChI=1S/C26H32O9/c1-22(2)17-16(29)18(30)25(5)13(24(17,4)14(27)10-15(28)34-22)6-8-23(3)19(12-7-9-32-11-12)33-21(31)20-26(23,25)35-20/h7,9,11,13-14,17-20,27,30H,6,8,10H2,1-5H3/t13-,14-,17+,18+,19+,20-,23+,24+,25+,26-/m1/s1. The Morgan fingerprint density at radius 1 is 1.03 bits per heavy atom. The summed E-state index contributed by atoms with van der Waals surface area (Å²) in [5.74, 6) is -2.99. The van der Waals surface area contributed by atoms with E-state index in [1.54, 1.807) is 26.8 Å². The van der Waals surface area contributed by atoms with Crippen molar-refractivity contribution >= 4 is 17.7 Å². The molecule has 35 heavy (non-hydrogen) atoms. The number of ether oxygens (including phenoxy) is 3. The van der Waals surface area contributed by atoms with Crippen molar-refractivity contribution in [1.29, 1.82) is 0 Å². The number of rotatable bonds is 1. The van der Waals surface area contributed by atoms with E-state index in [-0.39, 0.29) is 6.42 Å². The minimum Gasteiger partial charge on any atom is -0.472 e. The Morgan fingerprint density at radius 3 is 2.40 bits per heavy atom. The van der Waals surface area contributed by atoms with E-state index in [0.717, 1.165) is 0 Å². The van der Waals surface area contributed by atoms with Gasteiger partial charge in [0.25, 0.3) is 0 Å². The third-order valence-corrected chi connectivity index (χ3v) is 10.5. The number of furan rings is 1. The minimum absolute atomic E-state index is 0.249. The van der Waals surface area contributed by atoms with Crippen LogP contribution >= 0.6 is 0 Å². The van der Waals surface area contributed by atoms with Crippen LogP contribution in [0.2, 0.25) is 0 Å². The molecule has 9 heteroatoms. The third kappa shape index (κ3) is 2.38. The Kier molecular flexibility index (Phi) is 4.34. The highest BCUT2D eigenvalue weighted by Crippen LogP contribution is 2.79. The molecule has 4 heterocycles. The molecule has 190 valence electrons. The molecule has 0 aromatic carbocycles. The van der Waals surface area contributed by atoms with Crippen LogP contribution in [0.1, 0.15) is 65.5 Å². The SMILES string of the molecule is CC1(C)OC(=O)C[C@@H](O)[C@]2(C)[C@H]3CC[C@@]4(C)[C@H](c5ccoc5)OC(=O)[C@H]5O[C@]54[C@]3(C)[C@@H](O)C(=O)[C@@H]12. The fraction of sp³-hybridized carbons (Fsp3) is 0.731. The van der Waals surface area contributed by atoms with Crippen LogP contribution in [0.5, 0.6) is 0 Å². The van der Waals surface area contributed by atoms with Crippen molar-refractivity contribution in [2.45, 2.75) is 89.5 Å². The lowest BCUT2D eigenvalue weighted by atomic mass is 9.36. The zero-order valence-corrected chi connectivity index (χ0v) is 20.6. The van der Waals surface area contributed by atoms with Gasteiger partial charge in [0.1, 0.15) is 23.4 Å². The Balaban J connectivity index is 1.56. The number of esters is 2. The third-order valence-electron chi connectivity index (χ3n) is 10.5. The summed E-state index contributed by atoms with van der Waals surface area (Å²) >= 11 is 0. The fourth-order valence-corrected chi connectivity index (χ4v) is 9.11. The molecule has 0 amide bonds. The molecule has 9 nitrogen and oxygen atoms in total. The number of carbonyl (C=O) groups excluding carboxylic acids is 3. The topological polar surface area (TPSA) is 136 Å². The first-order valence-electron chi connectivity index (χ1n) is 12.3. The van der Waals surface area contributed by atoms with E-state index in [2.05, 4.69) is 0 Å². The van der Waals surface area contributed by atoms with Crippen LogP contribution in [-0.4, -0.2) is 57.4 Å². The average Bonchev–Trinajstić information content (AvgIpc) is 3.35. The predicted octanol–water partition coefficient (Wildman–Crippen LogP) is 2.09. The molecule has 5 aliphatic rings. The molecule has 2 saturated carbocycles. The Hall–Kier alpha value is -2.23. The van der Waals surface area contributed by atoms with Crippen molar-refractivity contribution in [3.8, 4) is 0 Å². The molecule has 6 rings (SSSR count). The van der Waals surface area contributed by atoms with Gasteiger partial charge in [0, 0.05) is 21.8 Å². The molecule has 3 aliphatic heterocycles. The van der Waals surface area contributed by atoms with Gasteiger partial charge in [-0.15, -0.1) is 0 Å². The molecule has 2 N–H and O–H groups in total. The maximum absolute atomic E-state index is 14.0. The van der Waals surface area contributed by atoms with Gasteiger partial charge < -0.3 is 28.8 Å². The summed E-state index contributed by atoms with van der Waals surface area (Å²) < 4.78 is 23.0. The van der Waals surface area contributed by atoms with Crippen molar-refractivity contribution in [2.24, 2.45) is 28.1 Å². The second-order valence-corrected chi connectivity index (χ2v) is 12.3. The Labute approximate surface area is 203 Å². The highest BCUT2D eigenvalue weighted by atomic mass is 16.7. The maximum atomic E-state index is 14.0. The predicted molar refractivity (Wildman–Crippen MR) is 117 cm³/mol. The first kappa shape index (κ1) is 23.2. The lowest BCUT2D eigenvalue weighted by Crippen LogP contribution is -2.76. The summed E-state index contributed by atoms with van der Waals surface area (Å²) in [5.41, 5.74) is -4.81. The Bertz CT molecular complexity index is 1130. The molecule has 1 spiro atoms. The first-order chi connectivity index (χ1) is 16.3. The van der Waals surface area contributed by atoms with Crippen LogP contribution in [0, 0.1) is 28.1 Å². The van der Waals surface area contributed by atoms with Gasteiger partial charge in [-0.1, -0.05) is 20.8 Å². The van der Waals surface area contributed by atoms with E-state index < -0.39 is 81.4 Å². The normalized spacial score (nSPS) is 52.1. The zero-order valence-electron chi connectivity index (χ0n) is 20.6. The summed E-state index contributed by atoms with van der Waals surface area (Å²) in [4.78, 5) is 39.7. The minimum atomic E-state index is -1.49. The molecule has 0 unspecified atom stereocenters. The van der Waals surface area contributed by atoms with E-state index in [0.29, 0.717) is 18.4 Å². The quantitative estimate of drug-likeness (QED) is 0.450. The van der Waals surface area contributed by atoms with Gasteiger partial charge in [-0.2, -0.15) is 0 Å². The molecular formula is C26H32O9. The number of carbonyl (C=O) groups is 3. The van der Waals surface area contributed by atoms with Gasteiger partial charge in [0.15, 0.2) is 11.9 Å². The summed E-state index contributed by atoms with van der Waals surface area (Å²) in [5, 5.41) is 23.2. The number of hydrogen-bond acceptors (Lipinski definition) is 9. The number of hydrogen-bond donors (Lipinski definition) is 2. The number of epoxide rings is 1. The first-order valence-corrected chi connectivity index (χ1v) is 12.3. The van der Waals surface area contributed by atoms with Crippen molar-refractivity contribution in [3.63, 3.8) is 0 Å². The van der Waals surface area contributed by atoms with Gasteiger partial charge in [-0.3, -0.25) is 9.59 Å². The van der Waals surface area contributed by atoms with Gasteiger partial charge in [-0.05, 0) is 38.7 Å². The number of Topliss-reactive ketones (excluding diaryl/α,β-unsaturated/α-hetero) is 1. The van der Waals surface area contributed by atoms with Gasteiger partial charge in [0.05, 0.1) is 31.0 Å². The van der Waals surface area contributed by atoms with Crippen molar-refractivity contribution in [1.82, 2.24) is 0 Å². The lowest BCUT2D eigenvalue weighted by molar-refractivity contribution is -0.258. The van der Waals surface area contributed by atoms with E-state index in [4.69, 9.17) is 18.6 Å². The number of aliphatic hydroxyl groups is 2. The number of fused-ring (bicyclic) bond motifs is 3. The molecule has 0 bridgehead atoms. The Morgan fingerprint density at radius 2 is 1.74 bits per heavy atom. The number of cyclic esters (lactones) is 2. The van der Waals surface area contributed by atoms with Crippen molar-refractivity contribution < 1.29 is 43.2 Å². The van der Waals surface area contributed by atoms with Crippen LogP contribution in [0.4, 0.5) is 0 Å². The molecule has 1 aromatic heterocycles. The largest absolute Gasteiger partial charge is 0.472 e. The van der Waals surface area contributed by atoms with Gasteiger partial charge >= 0.3 is 11.9 Å². The van der Waals surface area contributed by atoms with Crippen LogP contribution in [-0.2, 0) is 28.6 Å². The molecular weight excluding hydrogens is 456 g/mol. The maximum Gasteiger partial charge on any atom is 0.339 e. The fourth-order valence-electron chi connectivity index (χ4n) is 9.11. The summed E-state index contributed by atoms with van der Waals surface area (Å²) in [6.07, 6.45) is -0.395. The highest BCUT2D eigenvalue weighted by molar-refractivity contribution is 5.92. The van der Waals surface area contributed by atoms with E-state index in [9.17, 15) is 24.6 Å². The molecule has 2 aliphatic carbocycles. The van der Waals surface area contributed by atoms with Crippen molar-refractivity contribution in [3.05, 3.63) is 24.2 Å². The second kappa shape index (κ2) is 6.55. The summed E-state index contributed by atoms with van der Waals surface area (Å²) in [6.45, 7) is 8.92. The van der Waals surface area contributed by atoms with Gasteiger partial charge in [0.2, 0.25) is 0 Å². The highest BCUT2D eigenvalue weighted by Gasteiger charge is 2.89. The van der Waals surface area contributed by atoms with Crippen LogP contribution in [0.15, 0.2) is 23.0 Å². The zero-order chi connectivity index (χ0) is 25.3. The van der Waals surface area contributed by atoms with Crippen LogP contribution in [0.25, 0.3) is 0 Å². The van der Waals surface area contributed by atoms with Crippen LogP contribution in [0.3, 0.4) is 0 Å². The molecule has 1 aromatic rings. The summed E-state index contributed by atoms with van der Waals surface area (Å²) in [6, 6.07) is 1.74. The lowest BCUT2D eigenvalue weighted by Gasteiger charge is -2.67. The molecule has 5 fully saturated rings.